The summed E-state index contributed by atoms with van der Waals surface area (Å²) in [7, 11) is 0. The summed E-state index contributed by atoms with van der Waals surface area (Å²) in [5, 5.41) is 2.75. The van der Waals surface area contributed by atoms with Gasteiger partial charge in [0, 0.05) is 13.1 Å². The first-order valence-electron chi connectivity index (χ1n) is 6.27. The summed E-state index contributed by atoms with van der Waals surface area (Å²) in [4.78, 5) is 26.1. The molecular weight excluding hydrogens is 250 g/mol. The molecule has 1 atom stereocenters. The summed E-state index contributed by atoms with van der Waals surface area (Å²) >= 11 is 5.08. The van der Waals surface area contributed by atoms with Gasteiger partial charge in [0.1, 0.15) is 6.04 Å². The number of nitrogens with one attached hydrogen (secondary N) is 1. The third kappa shape index (κ3) is 1.88. The second-order valence-corrected chi connectivity index (χ2v) is 5.87. The van der Waals surface area contributed by atoms with Crippen LogP contribution < -0.4 is 11.1 Å². The highest BCUT2D eigenvalue weighted by atomic mass is 32.1. The van der Waals surface area contributed by atoms with E-state index in [0.29, 0.717) is 31.8 Å². The molecule has 5 nitrogen and oxygen atoms in total. The van der Waals surface area contributed by atoms with Crippen LogP contribution in [0.3, 0.4) is 0 Å². The molecule has 0 aromatic heterocycles. The topological polar surface area (TPSA) is 75.4 Å². The Labute approximate surface area is 112 Å². The molecule has 1 saturated carbocycles. The zero-order valence-electron chi connectivity index (χ0n) is 10.7. The third-order valence-corrected chi connectivity index (χ3v) is 4.43. The van der Waals surface area contributed by atoms with Crippen molar-refractivity contribution in [2.24, 2.45) is 17.1 Å². The highest BCUT2D eigenvalue weighted by molar-refractivity contribution is 7.80. The number of amides is 2. The molecular formula is C12H19N3O2S. The standard InChI is InChI=1S/C12H19N3O2S/c1-7-5-12(6-7,10(13)18)11(17)15-4-3-14-9(16)8(15)2/h7-8H,3-6H2,1-2H3,(H2,13,18)(H,14,16). The Morgan fingerprint density at radius 3 is 2.61 bits per heavy atom. The molecule has 1 unspecified atom stereocenters. The Morgan fingerprint density at radius 1 is 1.50 bits per heavy atom. The SMILES string of the molecule is CC1CC(C(=O)N2CCNC(=O)C2C)(C(N)=S)C1. The van der Waals surface area contributed by atoms with Crippen molar-refractivity contribution in [3.63, 3.8) is 0 Å². The van der Waals surface area contributed by atoms with E-state index >= 15 is 0 Å². The quantitative estimate of drug-likeness (QED) is 0.694. The highest BCUT2D eigenvalue weighted by Crippen LogP contribution is 2.47. The fourth-order valence-corrected chi connectivity index (χ4v) is 3.20. The van der Waals surface area contributed by atoms with Crippen LogP contribution in [-0.4, -0.2) is 40.8 Å². The van der Waals surface area contributed by atoms with Crippen LogP contribution in [0, 0.1) is 11.3 Å². The molecule has 1 aliphatic heterocycles. The number of hydrogen-bond acceptors (Lipinski definition) is 3. The minimum Gasteiger partial charge on any atom is -0.392 e. The van der Waals surface area contributed by atoms with Gasteiger partial charge in [0.2, 0.25) is 11.8 Å². The van der Waals surface area contributed by atoms with Crippen molar-refractivity contribution in [3.8, 4) is 0 Å². The average molecular weight is 269 g/mol. The first-order chi connectivity index (χ1) is 8.38. The number of thiocarbonyl (C=S) groups is 1. The van der Waals surface area contributed by atoms with Gasteiger partial charge in [-0.25, -0.2) is 0 Å². The minimum atomic E-state index is -0.708. The lowest BCUT2D eigenvalue weighted by Gasteiger charge is -2.48. The maximum absolute atomic E-state index is 12.6. The second kappa shape index (κ2) is 4.50. The summed E-state index contributed by atoms with van der Waals surface area (Å²) in [5.41, 5.74) is 5.06. The Bertz CT molecular complexity index is 404. The largest absolute Gasteiger partial charge is 0.392 e. The van der Waals surface area contributed by atoms with E-state index in [1.807, 2.05) is 0 Å². The molecule has 2 fully saturated rings. The van der Waals surface area contributed by atoms with Gasteiger partial charge in [0.15, 0.2) is 0 Å². The van der Waals surface area contributed by atoms with E-state index in [1.54, 1.807) is 11.8 Å². The van der Waals surface area contributed by atoms with E-state index in [9.17, 15) is 9.59 Å². The number of rotatable bonds is 2. The number of nitrogens with two attached hydrogens (primary N) is 1. The fraction of sp³-hybridized carbons (Fsp3) is 0.750. The van der Waals surface area contributed by atoms with Gasteiger partial charge in [-0.2, -0.15) is 0 Å². The lowest BCUT2D eigenvalue weighted by Crippen LogP contribution is -2.63. The summed E-state index contributed by atoms with van der Waals surface area (Å²) in [6.07, 6.45) is 1.40. The maximum atomic E-state index is 12.6. The molecule has 2 rings (SSSR count). The van der Waals surface area contributed by atoms with Gasteiger partial charge in [-0.3, -0.25) is 9.59 Å². The average Bonchev–Trinajstić information content (AvgIpc) is 2.27. The molecule has 0 spiro atoms. The van der Waals surface area contributed by atoms with Crippen molar-refractivity contribution < 1.29 is 9.59 Å². The molecule has 1 aliphatic carbocycles. The Hall–Kier alpha value is -1.17. The lowest BCUT2D eigenvalue weighted by atomic mass is 9.61. The number of carbonyl (C=O) groups excluding carboxylic acids is 2. The summed E-state index contributed by atoms with van der Waals surface area (Å²) < 4.78 is 0. The number of nitrogens with zero attached hydrogens (tertiary/aromatic N) is 1. The van der Waals surface area contributed by atoms with E-state index in [2.05, 4.69) is 12.2 Å². The van der Waals surface area contributed by atoms with Crippen molar-refractivity contribution >= 4 is 29.0 Å². The number of piperazine rings is 1. The molecule has 2 aliphatic rings. The van der Waals surface area contributed by atoms with Crippen LogP contribution in [0.1, 0.15) is 26.7 Å². The molecule has 0 aromatic rings. The van der Waals surface area contributed by atoms with Crippen molar-refractivity contribution in [1.29, 1.82) is 0 Å². The van der Waals surface area contributed by atoms with E-state index in [4.69, 9.17) is 18.0 Å². The van der Waals surface area contributed by atoms with E-state index < -0.39 is 11.5 Å². The van der Waals surface area contributed by atoms with Crippen molar-refractivity contribution in [2.75, 3.05) is 13.1 Å². The third-order valence-electron chi connectivity index (χ3n) is 4.03. The zero-order valence-corrected chi connectivity index (χ0v) is 11.5. The normalized spacial score (nSPS) is 35.7. The first-order valence-corrected chi connectivity index (χ1v) is 6.68. The number of carbonyl (C=O) groups is 2. The van der Waals surface area contributed by atoms with Gasteiger partial charge in [-0.05, 0) is 25.7 Å². The van der Waals surface area contributed by atoms with Crippen LogP contribution >= 0.6 is 12.2 Å². The zero-order chi connectivity index (χ0) is 13.5. The van der Waals surface area contributed by atoms with Crippen LogP contribution in [0.4, 0.5) is 0 Å². The smallest absolute Gasteiger partial charge is 0.242 e. The summed E-state index contributed by atoms with van der Waals surface area (Å²) in [6.45, 7) is 4.85. The Morgan fingerprint density at radius 2 is 2.11 bits per heavy atom. The molecule has 3 N–H and O–H groups in total. The van der Waals surface area contributed by atoms with Crippen molar-refractivity contribution in [1.82, 2.24) is 10.2 Å². The minimum absolute atomic E-state index is 0.0737. The van der Waals surface area contributed by atoms with Crippen LogP contribution in [-0.2, 0) is 9.59 Å². The maximum Gasteiger partial charge on any atom is 0.242 e. The Balaban J connectivity index is 2.19. The van der Waals surface area contributed by atoms with E-state index in [-0.39, 0.29) is 16.8 Å². The van der Waals surface area contributed by atoms with Crippen LogP contribution in [0.2, 0.25) is 0 Å². The molecule has 1 saturated heterocycles. The molecule has 0 radical (unpaired) electrons. The van der Waals surface area contributed by atoms with Gasteiger partial charge in [-0.1, -0.05) is 19.1 Å². The molecule has 1 heterocycles. The van der Waals surface area contributed by atoms with Crippen molar-refractivity contribution in [2.45, 2.75) is 32.7 Å². The second-order valence-electron chi connectivity index (χ2n) is 5.43. The van der Waals surface area contributed by atoms with E-state index in [1.165, 1.54) is 0 Å². The molecule has 6 heteroatoms. The Kier molecular flexibility index (Phi) is 3.31. The predicted molar refractivity (Wildman–Crippen MR) is 71.8 cm³/mol. The van der Waals surface area contributed by atoms with Gasteiger partial charge >= 0.3 is 0 Å². The predicted octanol–water partition coefficient (Wildman–Crippen LogP) is 0.0357. The molecule has 100 valence electrons. The van der Waals surface area contributed by atoms with Gasteiger partial charge < -0.3 is 16.0 Å². The summed E-state index contributed by atoms with van der Waals surface area (Å²) in [5.74, 6) is 0.278. The van der Waals surface area contributed by atoms with Crippen molar-refractivity contribution in [3.05, 3.63) is 0 Å². The molecule has 0 bridgehead atoms. The lowest BCUT2D eigenvalue weighted by molar-refractivity contribution is -0.152. The first kappa shape index (κ1) is 13.3. The molecule has 18 heavy (non-hydrogen) atoms. The molecule has 2 amide bonds. The molecule has 0 aromatic carbocycles. The van der Waals surface area contributed by atoms with Crippen LogP contribution in [0.25, 0.3) is 0 Å². The fourth-order valence-electron chi connectivity index (χ4n) is 2.95. The highest BCUT2D eigenvalue weighted by Gasteiger charge is 2.53. The van der Waals surface area contributed by atoms with Gasteiger partial charge in [0.05, 0.1) is 10.4 Å². The summed E-state index contributed by atoms with van der Waals surface area (Å²) in [6, 6.07) is -0.437. The van der Waals surface area contributed by atoms with Gasteiger partial charge in [0.25, 0.3) is 0 Å². The van der Waals surface area contributed by atoms with E-state index in [0.717, 1.165) is 0 Å². The van der Waals surface area contributed by atoms with Crippen LogP contribution in [0.15, 0.2) is 0 Å². The van der Waals surface area contributed by atoms with Gasteiger partial charge in [-0.15, -0.1) is 0 Å². The number of hydrogen-bond donors (Lipinski definition) is 2. The van der Waals surface area contributed by atoms with Crippen LogP contribution in [0.5, 0.6) is 0 Å². The monoisotopic (exact) mass is 269 g/mol.